The zero-order valence-corrected chi connectivity index (χ0v) is 16.8. The monoisotopic (exact) mass is 380 g/mol. The molecule has 6 nitrogen and oxygen atoms in total. The molecule has 0 unspecified atom stereocenters. The van der Waals surface area contributed by atoms with Crippen LogP contribution in [0.25, 0.3) is 0 Å². The fraction of sp³-hybridized carbons (Fsp3) is 0.591. The first-order valence-corrected chi connectivity index (χ1v) is 10.7. The van der Waals surface area contributed by atoms with Crippen LogP contribution in [-0.2, 0) is 0 Å². The molecule has 0 spiro atoms. The van der Waals surface area contributed by atoms with Crippen molar-refractivity contribution < 1.29 is 0 Å². The minimum absolute atomic E-state index is 0.491. The fourth-order valence-corrected chi connectivity index (χ4v) is 4.77. The zero-order valence-electron chi connectivity index (χ0n) is 16.8. The number of aliphatic imine (C=N–C) groups is 1. The second-order valence-corrected chi connectivity index (χ2v) is 8.19. The number of likely N-dealkylation sites (tertiary alicyclic amines) is 1. The summed E-state index contributed by atoms with van der Waals surface area (Å²) in [6, 6.07) is 11.0. The first-order valence-electron chi connectivity index (χ1n) is 10.7. The Hall–Kier alpha value is -2.37. The van der Waals surface area contributed by atoms with Crippen LogP contribution in [0.1, 0.15) is 61.7 Å². The van der Waals surface area contributed by atoms with E-state index in [0.29, 0.717) is 5.92 Å². The number of hydrogen-bond donors (Lipinski definition) is 2. The largest absolute Gasteiger partial charge is 0.356 e. The van der Waals surface area contributed by atoms with Gasteiger partial charge >= 0.3 is 0 Å². The molecular weight excluding hydrogens is 348 g/mol. The summed E-state index contributed by atoms with van der Waals surface area (Å²) in [4.78, 5) is 11.3. The number of hydrogen-bond acceptors (Lipinski definition) is 3. The van der Waals surface area contributed by atoms with Gasteiger partial charge in [0.05, 0.1) is 0 Å². The van der Waals surface area contributed by atoms with Crippen molar-refractivity contribution >= 4 is 5.96 Å². The minimum atomic E-state index is 0.491. The molecule has 6 heteroatoms. The van der Waals surface area contributed by atoms with E-state index in [4.69, 9.17) is 0 Å². The van der Waals surface area contributed by atoms with E-state index in [1.807, 2.05) is 7.05 Å². The maximum Gasteiger partial charge on any atom is 0.193 e. The van der Waals surface area contributed by atoms with E-state index in [9.17, 15) is 0 Å². The smallest absolute Gasteiger partial charge is 0.193 e. The third-order valence-electron chi connectivity index (χ3n) is 6.49. The van der Waals surface area contributed by atoms with E-state index >= 15 is 0 Å². The highest BCUT2D eigenvalue weighted by atomic mass is 15.3. The standard InChI is InChI=1S/C22H32N6/c1-23-22(28-13-11-20(12-14-28)21-25-16-26-27-21)24-15-17-7-9-19(10-8-17)18-5-3-2-4-6-18/h2-6,16-17,19-20H,7-15H2,1H3,(H,23,24)(H,25,26,27). The van der Waals surface area contributed by atoms with Gasteiger partial charge in [-0.05, 0) is 55.9 Å². The number of rotatable bonds is 4. The van der Waals surface area contributed by atoms with E-state index in [1.165, 1.54) is 31.2 Å². The first-order chi connectivity index (χ1) is 13.8. The lowest BCUT2D eigenvalue weighted by molar-refractivity contribution is 0.288. The SMILES string of the molecule is CN=C(NCC1CCC(c2ccccc2)CC1)N1CCC(c2ncn[nH]2)CC1. The van der Waals surface area contributed by atoms with Crippen LogP contribution >= 0.6 is 0 Å². The van der Waals surface area contributed by atoms with E-state index < -0.39 is 0 Å². The molecule has 1 saturated heterocycles. The van der Waals surface area contributed by atoms with Crippen LogP contribution in [-0.4, -0.2) is 52.7 Å². The predicted octanol–water partition coefficient (Wildman–Crippen LogP) is 3.53. The van der Waals surface area contributed by atoms with Crippen molar-refractivity contribution in [2.24, 2.45) is 10.9 Å². The average molecular weight is 381 g/mol. The number of piperidine rings is 1. The number of nitrogens with zero attached hydrogens (tertiary/aromatic N) is 4. The molecule has 0 bridgehead atoms. The second kappa shape index (κ2) is 9.22. The van der Waals surface area contributed by atoms with E-state index in [-0.39, 0.29) is 0 Å². The average Bonchev–Trinajstić information content (AvgIpc) is 3.31. The molecule has 150 valence electrons. The van der Waals surface area contributed by atoms with Crippen molar-refractivity contribution in [1.82, 2.24) is 25.4 Å². The Bertz CT molecular complexity index is 726. The summed E-state index contributed by atoms with van der Waals surface area (Å²) in [6.45, 7) is 3.08. The maximum atomic E-state index is 4.54. The lowest BCUT2D eigenvalue weighted by Gasteiger charge is -2.35. The molecule has 0 radical (unpaired) electrons. The van der Waals surface area contributed by atoms with Gasteiger partial charge < -0.3 is 10.2 Å². The number of nitrogens with one attached hydrogen (secondary N) is 2. The third-order valence-corrected chi connectivity index (χ3v) is 6.49. The Morgan fingerprint density at radius 2 is 1.82 bits per heavy atom. The number of guanidine groups is 1. The molecule has 2 N–H and O–H groups in total. The quantitative estimate of drug-likeness (QED) is 0.629. The summed E-state index contributed by atoms with van der Waals surface area (Å²) in [5.41, 5.74) is 1.51. The molecule has 2 heterocycles. The summed E-state index contributed by atoms with van der Waals surface area (Å²) in [7, 11) is 1.90. The van der Waals surface area contributed by atoms with Gasteiger partial charge in [0, 0.05) is 32.6 Å². The van der Waals surface area contributed by atoms with Crippen LogP contribution in [0.2, 0.25) is 0 Å². The van der Waals surface area contributed by atoms with Crippen LogP contribution in [0, 0.1) is 5.92 Å². The number of aromatic nitrogens is 3. The molecule has 1 aromatic carbocycles. The number of H-pyrrole nitrogens is 1. The van der Waals surface area contributed by atoms with Crippen molar-refractivity contribution in [2.75, 3.05) is 26.7 Å². The highest BCUT2D eigenvalue weighted by molar-refractivity contribution is 5.80. The van der Waals surface area contributed by atoms with Gasteiger partial charge in [-0.25, -0.2) is 4.98 Å². The Kier molecular flexibility index (Phi) is 6.24. The summed E-state index contributed by atoms with van der Waals surface area (Å²) in [5.74, 6) is 4.07. The molecule has 1 aliphatic heterocycles. The molecule has 0 amide bonds. The lowest BCUT2D eigenvalue weighted by atomic mass is 9.79. The third kappa shape index (κ3) is 4.54. The lowest BCUT2D eigenvalue weighted by Crippen LogP contribution is -2.46. The Morgan fingerprint density at radius 1 is 1.07 bits per heavy atom. The molecule has 1 aromatic heterocycles. The number of benzene rings is 1. The van der Waals surface area contributed by atoms with Crippen molar-refractivity contribution in [3.05, 3.63) is 48.0 Å². The van der Waals surface area contributed by atoms with Gasteiger partial charge in [-0.2, -0.15) is 5.10 Å². The minimum Gasteiger partial charge on any atom is -0.356 e. The van der Waals surface area contributed by atoms with E-state index in [2.05, 4.69) is 60.7 Å². The van der Waals surface area contributed by atoms with Gasteiger partial charge in [0.1, 0.15) is 12.2 Å². The normalized spacial score (nSPS) is 24.3. The Labute approximate surface area is 167 Å². The predicted molar refractivity (Wildman–Crippen MR) is 112 cm³/mol. The molecule has 2 aromatic rings. The van der Waals surface area contributed by atoms with Gasteiger partial charge in [0.2, 0.25) is 0 Å². The molecule has 1 saturated carbocycles. The highest BCUT2D eigenvalue weighted by Gasteiger charge is 2.26. The summed E-state index contributed by atoms with van der Waals surface area (Å²) < 4.78 is 0. The summed E-state index contributed by atoms with van der Waals surface area (Å²) in [5, 5.41) is 10.7. The van der Waals surface area contributed by atoms with Crippen LogP contribution in [0.4, 0.5) is 0 Å². The summed E-state index contributed by atoms with van der Waals surface area (Å²) >= 11 is 0. The fourth-order valence-electron chi connectivity index (χ4n) is 4.77. The van der Waals surface area contributed by atoms with Gasteiger partial charge in [-0.15, -0.1) is 0 Å². The Balaban J connectivity index is 1.21. The number of aromatic amines is 1. The zero-order chi connectivity index (χ0) is 19.2. The second-order valence-electron chi connectivity index (χ2n) is 8.19. The highest BCUT2D eigenvalue weighted by Crippen LogP contribution is 2.35. The molecule has 0 atom stereocenters. The van der Waals surface area contributed by atoms with Crippen molar-refractivity contribution in [3.8, 4) is 0 Å². The summed E-state index contributed by atoms with van der Waals surface area (Å²) in [6.07, 6.45) is 9.01. The van der Waals surface area contributed by atoms with Crippen molar-refractivity contribution in [1.29, 1.82) is 0 Å². The van der Waals surface area contributed by atoms with Crippen LogP contribution < -0.4 is 5.32 Å². The molecule has 28 heavy (non-hydrogen) atoms. The topological polar surface area (TPSA) is 69.2 Å². The molecular formula is C22H32N6. The van der Waals surface area contributed by atoms with Gasteiger partial charge in [0.15, 0.2) is 5.96 Å². The van der Waals surface area contributed by atoms with Crippen LogP contribution in [0.3, 0.4) is 0 Å². The van der Waals surface area contributed by atoms with Crippen LogP contribution in [0.15, 0.2) is 41.7 Å². The van der Waals surface area contributed by atoms with Crippen molar-refractivity contribution in [3.63, 3.8) is 0 Å². The molecule has 2 fully saturated rings. The molecule has 4 rings (SSSR count). The van der Waals surface area contributed by atoms with Gasteiger partial charge in [0.25, 0.3) is 0 Å². The molecule has 1 aliphatic carbocycles. The van der Waals surface area contributed by atoms with Crippen molar-refractivity contribution in [2.45, 2.75) is 50.4 Å². The Morgan fingerprint density at radius 3 is 2.46 bits per heavy atom. The van der Waals surface area contributed by atoms with Gasteiger partial charge in [-0.3, -0.25) is 10.1 Å². The van der Waals surface area contributed by atoms with Gasteiger partial charge in [-0.1, -0.05) is 30.3 Å². The first kappa shape index (κ1) is 19.0. The maximum absolute atomic E-state index is 4.54. The van der Waals surface area contributed by atoms with E-state index in [1.54, 1.807) is 6.33 Å². The van der Waals surface area contributed by atoms with Crippen LogP contribution in [0.5, 0.6) is 0 Å². The van der Waals surface area contributed by atoms with E-state index in [0.717, 1.165) is 56.1 Å². The molecule has 2 aliphatic rings.